The molecule has 0 aliphatic carbocycles. The van der Waals surface area contributed by atoms with Crippen molar-refractivity contribution in [1.82, 2.24) is 0 Å². The van der Waals surface area contributed by atoms with Gasteiger partial charge < -0.3 is 5.11 Å². The zero-order valence-corrected chi connectivity index (χ0v) is 25.1. The van der Waals surface area contributed by atoms with Crippen molar-refractivity contribution in [2.45, 2.75) is 116 Å². The van der Waals surface area contributed by atoms with Gasteiger partial charge in [-0.15, -0.1) is 11.8 Å². The second-order valence-electron chi connectivity index (χ2n) is 10.0. The van der Waals surface area contributed by atoms with Crippen LogP contribution in [0.4, 0.5) is 0 Å². The van der Waals surface area contributed by atoms with E-state index in [0.717, 1.165) is 70.0 Å². The third kappa shape index (κ3) is 18.1. The van der Waals surface area contributed by atoms with Crippen LogP contribution in [0.3, 0.4) is 0 Å². The lowest BCUT2D eigenvalue weighted by Crippen LogP contribution is -2.37. The lowest BCUT2D eigenvalue weighted by atomic mass is 9.86. The summed E-state index contributed by atoms with van der Waals surface area (Å²) in [6.45, 7) is 10.3. The van der Waals surface area contributed by atoms with Crippen molar-refractivity contribution in [1.29, 1.82) is 0 Å². The quantitative estimate of drug-likeness (QED) is 0.105. The Bertz CT molecular complexity index is 739. The van der Waals surface area contributed by atoms with E-state index < -0.39 is 16.6 Å². The first-order valence-corrected chi connectivity index (χ1v) is 15.5. The Morgan fingerprint density at radius 2 is 1.24 bits per heavy atom. The van der Waals surface area contributed by atoms with E-state index in [4.69, 9.17) is 0 Å². The summed E-state index contributed by atoms with van der Waals surface area (Å²) in [5.74, 6) is -0.0743. The summed E-state index contributed by atoms with van der Waals surface area (Å²) in [7, 11) is 0. The number of Topliss-reactive ketones (excluding diaryl/α,β-unsaturated/α-hetero) is 1. The highest BCUT2D eigenvalue weighted by Crippen LogP contribution is 2.37. The van der Waals surface area contributed by atoms with Crippen LogP contribution in [-0.4, -0.2) is 27.4 Å². The average molecular weight is 531 g/mol. The van der Waals surface area contributed by atoms with Crippen LogP contribution in [0.25, 0.3) is 0 Å². The molecule has 0 fully saturated rings. The Morgan fingerprint density at radius 1 is 0.757 bits per heavy atom. The maximum Gasteiger partial charge on any atom is 0.306 e. The number of unbranched alkanes of at least 4 members (excludes halogenated alkanes) is 2. The zero-order valence-electron chi connectivity index (χ0n) is 24.3. The number of ketones is 1. The lowest BCUT2D eigenvalue weighted by molar-refractivity contribution is -0.144. The number of carbonyl (C=O) groups is 2. The number of thioether (sulfide) groups is 1. The van der Waals surface area contributed by atoms with Gasteiger partial charge in [0.25, 0.3) is 0 Å². The summed E-state index contributed by atoms with van der Waals surface area (Å²) in [5.41, 5.74) is 0. The SMILES string of the molecule is CC/C=C\C/C=C\C/C=C\C/C=C\C/C=C\CCCCSC(CC)(CC)C(=O)C[C@@H](CC(C)C)C(=O)O. The Kier molecular flexibility index (Phi) is 22.2. The van der Waals surface area contributed by atoms with Gasteiger partial charge in [-0.2, -0.15) is 0 Å². The van der Waals surface area contributed by atoms with E-state index in [2.05, 4.69) is 81.5 Å². The number of carboxylic acids is 1. The lowest BCUT2D eigenvalue weighted by Gasteiger charge is -2.31. The fourth-order valence-electron chi connectivity index (χ4n) is 4.18. The van der Waals surface area contributed by atoms with Gasteiger partial charge in [0.2, 0.25) is 0 Å². The second kappa shape index (κ2) is 23.3. The van der Waals surface area contributed by atoms with Gasteiger partial charge in [-0.05, 0) is 82.3 Å². The number of carboxylic acid groups (broad SMARTS) is 1. The van der Waals surface area contributed by atoms with E-state index in [0.29, 0.717) is 6.42 Å². The van der Waals surface area contributed by atoms with Crippen molar-refractivity contribution in [2.75, 3.05) is 5.75 Å². The Labute approximate surface area is 232 Å². The molecule has 0 amide bonds. The standard InChI is InChI=1S/C33H54O3S/c1-6-9-10-11-12-13-14-15-16-17-18-19-20-21-22-23-24-25-26-37-33(7-2,8-3)31(34)28-30(32(35)36)27-29(4)5/h9-10,12-13,15-16,18-19,21-22,29-30H,6-8,11,14,17,20,23-28H2,1-5H3,(H,35,36)/b10-9-,13-12-,16-15-,19-18-,22-21-/t30-/m1/s1. The summed E-state index contributed by atoms with van der Waals surface area (Å²) in [6.07, 6.45) is 32.7. The molecular formula is C33H54O3S. The number of hydrogen-bond acceptors (Lipinski definition) is 3. The first-order valence-electron chi connectivity index (χ1n) is 14.5. The first kappa shape index (κ1) is 35.2. The normalized spacial score (nSPS) is 13.9. The molecular weight excluding hydrogens is 476 g/mol. The molecule has 1 N–H and O–H groups in total. The van der Waals surface area contributed by atoms with Crippen LogP contribution in [0.1, 0.15) is 112 Å². The molecule has 0 heterocycles. The van der Waals surface area contributed by atoms with Crippen LogP contribution in [-0.2, 0) is 9.59 Å². The minimum atomic E-state index is -0.842. The van der Waals surface area contributed by atoms with Gasteiger partial charge in [-0.1, -0.05) is 95.4 Å². The fraction of sp³-hybridized carbons (Fsp3) is 0.636. The van der Waals surface area contributed by atoms with Gasteiger partial charge >= 0.3 is 5.97 Å². The van der Waals surface area contributed by atoms with Crippen molar-refractivity contribution in [3.63, 3.8) is 0 Å². The third-order valence-electron chi connectivity index (χ3n) is 6.49. The number of carbonyl (C=O) groups excluding carboxylic acids is 1. The molecule has 0 rings (SSSR count). The highest BCUT2D eigenvalue weighted by atomic mass is 32.2. The van der Waals surface area contributed by atoms with Crippen LogP contribution in [0.2, 0.25) is 0 Å². The van der Waals surface area contributed by atoms with E-state index in [-0.39, 0.29) is 18.1 Å². The summed E-state index contributed by atoms with van der Waals surface area (Å²) in [6, 6.07) is 0. The molecule has 4 heteroatoms. The number of aliphatic carboxylic acids is 1. The predicted molar refractivity (Wildman–Crippen MR) is 164 cm³/mol. The summed E-state index contributed by atoms with van der Waals surface area (Å²) >= 11 is 1.75. The van der Waals surface area contributed by atoms with E-state index in [1.54, 1.807) is 11.8 Å². The van der Waals surface area contributed by atoms with Crippen LogP contribution in [0, 0.1) is 11.8 Å². The molecule has 0 unspecified atom stereocenters. The molecule has 0 saturated heterocycles. The summed E-state index contributed by atoms with van der Waals surface area (Å²) in [5, 5.41) is 9.55. The van der Waals surface area contributed by atoms with Crippen molar-refractivity contribution in [3.8, 4) is 0 Å². The highest BCUT2D eigenvalue weighted by Gasteiger charge is 2.37. The topological polar surface area (TPSA) is 54.4 Å². The van der Waals surface area contributed by atoms with E-state index in [9.17, 15) is 14.7 Å². The Morgan fingerprint density at radius 3 is 1.68 bits per heavy atom. The van der Waals surface area contributed by atoms with Gasteiger partial charge in [-0.3, -0.25) is 9.59 Å². The number of allylic oxidation sites excluding steroid dienone is 10. The largest absolute Gasteiger partial charge is 0.481 e. The first-order chi connectivity index (χ1) is 17.8. The van der Waals surface area contributed by atoms with Crippen LogP contribution < -0.4 is 0 Å². The minimum absolute atomic E-state index is 0.119. The maximum absolute atomic E-state index is 13.1. The number of hydrogen-bond donors (Lipinski definition) is 1. The highest BCUT2D eigenvalue weighted by molar-refractivity contribution is 8.01. The van der Waals surface area contributed by atoms with Crippen molar-refractivity contribution >= 4 is 23.5 Å². The van der Waals surface area contributed by atoms with Crippen molar-refractivity contribution < 1.29 is 14.7 Å². The van der Waals surface area contributed by atoms with E-state index in [1.165, 1.54) is 0 Å². The Hall–Kier alpha value is -1.81. The molecule has 0 aromatic heterocycles. The predicted octanol–water partition coefficient (Wildman–Crippen LogP) is 9.91. The molecule has 0 saturated carbocycles. The minimum Gasteiger partial charge on any atom is -0.481 e. The van der Waals surface area contributed by atoms with Gasteiger partial charge in [0, 0.05) is 6.42 Å². The van der Waals surface area contributed by atoms with Gasteiger partial charge in [0.1, 0.15) is 5.78 Å². The molecule has 0 bridgehead atoms. The van der Waals surface area contributed by atoms with Crippen molar-refractivity contribution in [2.24, 2.45) is 11.8 Å². The molecule has 0 aromatic carbocycles. The molecule has 0 spiro atoms. The van der Waals surface area contributed by atoms with E-state index >= 15 is 0 Å². The van der Waals surface area contributed by atoms with Crippen molar-refractivity contribution in [3.05, 3.63) is 60.8 Å². The summed E-state index contributed by atoms with van der Waals surface area (Å²) < 4.78 is -0.442. The molecule has 0 aromatic rings. The van der Waals surface area contributed by atoms with Crippen LogP contribution >= 0.6 is 11.8 Å². The van der Waals surface area contributed by atoms with Crippen LogP contribution in [0.15, 0.2) is 60.8 Å². The molecule has 210 valence electrons. The smallest absolute Gasteiger partial charge is 0.306 e. The average Bonchev–Trinajstić information content (AvgIpc) is 2.87. The van der Waals surface area contributed by atoms with E-state index in [1.807, 2.05) is 13.8 Å². The van der Waals surface area contributed by atoms with Gasteiger partial charge in [-0.25, -0.2) is 0 Å². The third-order valence-corrected chi connectivity index (χ3v) is 8.34. The molecule has 37 heavy (non-hydrogen) atoms. The van der Waals surface area contributed by atoms with Crippen LogP contribution in [0.5, 0.6) is 0 Å². The maximum atomic E-state index is 13.1. The molecule has 0 radical (unpaired) electrons. The summed E-state index contributed by atoms with van der Waals surface area (Å²) in [4.78, 5) is 24.8. The monoisotopic (exact) mass is 530 g/mol. The second-order valence-corrected chi connectivity index (χ2v) is 11.5. The zero-order chi connectivity index (χ0) is 27.8. The molecule has 3 nitrogen and oxygen atoms in total. The molecule has 0 aliphatic rings. The Balaban J connectivity index is 4.17. The molecule has 1 atom stereocenters. The van der Waals surface area contributed by atoms with Gasteiger partial charge in [0.15, 0.2) is 0 Å². The fourth-order valence-corrected chi connectivity index (χ4v) is 5.57. The van der Waals surface area contributed by atoms with Gasteiger partial charge in [0.05, 0.1) is 10.7 Å². The molecule has 0 aliphatic heterocycles. The number of rotatable bonds is 23.